The van der Waals surface area contributed by atoms with E-state index in [1.165, 1.54) is 4.90 Å². The van der Waals surface area contributed by atoms with Gasteiger partial charge in [-0.25, -0.2) is 4.79 Å². The molecule has 1 rings (SSSR count). The van der Waals surface area contributed by atoms with Crippen LogP contribution in [0.1, 0.15) is 52.4 Å². The van der Waals surface area contributed by atoms with Gasteiger partial charge in [-0.05, 0) is 38.0 Å². The fourth-order valence-corrected chi connectivity index (χ4v) is 3.82. The monoisotopic (exact) mass is 498 g/mol. The number of likely N-dealkylation sites (tertiary alicyclic amines) is 1. The predicted molar refractivity (Wildman–Crippen MR) is 127 cm³/mol. The maximum Gasteiger partial charge on any atom is 0.326 e. The minimum atomic E-state index is -1.23. The van der Waals surface area contributed by atoms with E-state index in [0.29, 0.717) is 19.3 Å². The standard InChI is InChI=1S/C21H38N8O6/c1-11(2)9-14(17(31)27-13(20(34)35)5-3-7-26-21(24)25)28-18(32)15-6-4-8-29(15)19(33)12(22)10-16(23)30/h11-15H,3-10,22H2,1-2H3,(H2,23,30)(H,27,31)(H,28,32)(H,34,35)(H4,24,25,26). The van der Waals surface area contributed by atoms with Crippen LogP contribution in [0.3, 0.4) is 0 Å². The number of primary amides is 1. The van der Waals surface area contributed by atoms with Crippen molar-refractivity contribution in [2.24, 2.45) is 33.8 Å². The number of carboxylic acid groups (broad SMARTS) is 1. The first-order valence-corrected chi connectivity index (χ1v) is 11.6. The molecule has 0 aromatic heterocycles. The van der Waals surface area contributed by atoms with Gasteiger partial charge in [-0.1, -0.05) is 13.8 Å². The summed E-state index contributed by atoms with van der Waals surface area (Å²) in [6, 6.07) is -4.23. The highest BCUT2D eigenvalue weighted by Crippen LogP contribution is 2.19. The molecule has 198 valence electrons. The van der Waals surface area contributed by atoms with E-state index in [4.69, 9.17) is 22.9 Å². The topological polar surface area (TPSA) is 249 Å². The smallest absolute Gasteiger partial charge is 0.326 e. The first-order chi connectivity index (χ1) is 16.3. The number of hydrogen-bond donors (Lipinski definition) is 7. The number of aliphatic imine (C=N–C) groups is 1. The van der Waals surface area contributed by atoms with Crippen LogP contribution in [-0.4, -0.2) is 82.8 Å². The normalized spacial score (nSPS) is 17.8. The molecule has 0 aromatic rings. The Kier molecular flexibility index (Phi) is 11.9. The summed E-state index contributed by atoms with van der Waals surface area (Å²) >= 11 is 0. The Morgan fingerprint density at radius 2 is 1.74 bits per heavy atom. The van der Waals surface area contributed by atoms with Crippen LogP contribution in [0.5, 0.6) is 0 Å². The van der Waals surface area contributed by atoms with E-state index in [2.05, 4.69) is 15.6 Å². The zero-order valence-corrected chi connectivity index (χ0v) is 20.2. The van der Waals surface area contributed by atoms with E-state index in [0.717, 1.165) is 0 Å². The molecule has 1 aliphatic heterocycles. The van der Waals surface area contributed by atoms with Crippen LogP contribution >= 0.6 is 0 Å². The lowest BCUT2D eigenvalue weighted by Crippen LogP contribution is -2.57. The second-order valence-electron chi connectivity index (χ2n) is 9.01. The fraction of sp³-hybridized carbons (Fsp3) is 0.714. The summed E-state index contributed by atoms with van der Waals surface area (Å²) in [6.07, 6.45) is 1.22. The van der Waals surface area contributed by atoms with Gasteiger partial charge in [0, 0.05) is 13.1 Å². The van der Waals surface area contributed by atoms with E-state index in [1.54, 1.807) is 0 Å². The minimum Gasteiger partial charge on any atom is -0.480 e. The highest BCUT2D eigenvalue weighted by Gasteiger charge is 2.38. The number of amides is 4. The molecule has 0 radical (unpaired) electrons. The number of hydrogen-bond acceptors (Lipinski definition) is 7. The summed E-state index contributed by atoms with van der Waals surface area (Å²) < 4.78 is 0. The fourth-order valence-electron chi connectivity index (χ4n) is 3.82. The van der Waals surface area contributed by atoms with Gasteiger partial charge in [0.05, 0.1) is 12.5 Å². The Bertz CT molecular complexity index is 814. The summed E-state index contributed by atoms with van der Waals surface area (Å²) in [7, 11) is 0. The van der Waals surface area contributed by atoms with Gasteiger partial charge < -0.3 is 43.6 Å². The SMILES string of the molecule is CC(C)CC(NC(=O)C1CCCN1C(=O)C(N)CC(N)=O)C(=O)NC(CCCN=C(N)N)C(=O)O. The number of nitrogens with zero attached hydrogens (tertiary/aromatic N) is 2. The molecule has 11 N–H and O–H groups in total. The van der Waals surface area contributed by atoms with Crippen LogP contribution < -0.4 is 33.6 Å². The number of aliphatic carboxylic acids is 1. The molecule has 1 fully saturated rings. The van der Waals surface area contributed by atoms with Gasteiger partial charge in [0.25, 0.3) is 0 Å². The third-order valence-electron chi connectivity index (χ3n) is 5.48. The van der Waals surface area contributed by atoms with Crippen molar-refractivity contribution in [2.45, 2.75) is 76.5 Å². The summed E-state index contributed by atoms with van der Waals surface area (Å²) in [5, 5.41) is 14.6. The summed E-state index contributed by atoms with van der Waals surface area (Å²) in [5.41, 5.74) is 21.4. The molecule has 35 heavy (non-hydrogen) atoms. The predicted octanol–water partition coefficient (Wildman–Crippen LogP) is -2.67. The molecule has 1 aliphatic rings. The van der Waals surface area contributed by atoms with Crippen LogP contribution in [0.25, 0.3) is 0 Å². The van der Waals surface area contributed by atoms with Gasteiger partial charge >= 0.3 is 5.97 Å². The van der Waals surface area contributed by atoms with Gasteiger partial charge in [-0.3, -0.25) is 24.2 Å². The van der Waals surface area contributed by atoms with Gasteiger partial charge in [0.1, 0.15) is 18.1 Å². The highest BCUT2D eigenvalue weighted by atomic mass is 16.4. The minimum absolute atomic E-state index is 0.00139. The lowest BCUT2D eigenvalue weighted by molar-refractivity contribution is -0.143. The maximum atomic E-state index is 13.0. The third kappa shape index (κ3) is 10.2. The number of nitrogens with two attached hydrogens (primary N) is 4. The Morgan fingerprint density at radius 1 is 1.09 bits per heavy atom. The Balaban J connectivity index is 2.88. The number of carboxylic acids is 1. The van der Waals surface area contributed by atoms with Crippen molar-refractivity contribution in [3.05, 3.63) is 0 Å². The highest BCUT2D eigenvalue weighted by molar-refractivity contribution is 5.95. The van der Waals surface area contributed by atoms with E-state index < -0.39 is 53.8 Å². The molecule has 1 saturated heterocycles. The maximum absolute atomic E-state index is 13.0. The Hall–Kier alpha value is -3.42. The lowest BCUT2D eigenvalue weighted by Gasteiger charge is -2.29. The summed E-state index contributed by atoms with van der Waals surface area (Å²) in [4.78, 5) is 66.4. The largest absolute Gasteiger partial charge is 0.480 e. The zero-order chi connectivity index (χ0) is 26.7. The lowest BCUT2D eigenvalue weighted by atomic mass is 10.0. The molecule has 4 amide bonds. The number of rotatable bonds is 14. The van der Waals surface area contributed by atoms with Gasteiger partial charge in [-0.15, -0.1) is 0 Å². The van der Waals surface area contributed by atoms with Crippen molar-refractivity contribution in [1.82, 2.24) is 15.5 Å². The average Bonchev–Trinajstić information content (AvgIpc) is 3.23. The van der Waals surface area contributed by atoms with E-state index in [-0.39, 0.29) is 44.2 Å². The molecule has 0 spiro atoms. The van der Waals surface area contributed by atoms with Crippen LogP contribution in [0.4, 0.5) is 0 Å². The first kappa shape index (κ1) is 29.6. The van der Waals surface area contributed by atoms with Crippen LogP contribution in [0.2, 0.25) is 0 Å². The van der Waals surface area contributed by atoms with Crippen molar-refractivity contribution in [2.75, 3.05) is 13.1 Å². The van der Waals surface area contributed by atoms with Gasteiger partial charge in [-0.2, -0.15) is 0 Å². The molecule has 0 bridgehead atoms. The van der Waals surface area contributed by atoms with Crippen molar-refractivity contribution >= 4 is 35.6 Å². The van der Waals surface area contributed by atoms with Crippen LogP contribution in [0, 0.1) is 5.92 Å². The van der Waals surface area contributed by atoms with Crippen molar-refractivity contribution < 1.29 is 29.1 Å². The molecule has 0 saturated carbocycles. The van der Waals surface area contributed by atoms with E-state index in [1.807, 2.05) is 13.8 Å². The molecule has 4 unspecified atom stereocenters. The van der Waals surface area contributed by atoms with Gasteiger partial charge in [0.2, 0.25) is 23.6 Å². The Morgan fingerprint density at radius 3 is 2.29 bits per heavy atom. The molecule has 14 nitrogen and oxygen atoms in total. The van der Waals surface area contributed by atoms with Crippen molar-refractivity contribution in [1.29, 1.82) is 0 Å². The summed E-state index contributed by atoms with van der Waals surface area (Å²) in [6.45, 7) is 4.19. The third-order valence-corrected chi connectivity index (χ3v) is 5.48. The quantitative estimate of drug-likeness (QED) is 0.0748. The Labute approximate surface area is 204 Å². The number of guanidine groups is 1. The molecular formula is C21H38N8O6. The number of carbonyl (C=O) groups is 5. The first-order valence-electron chi connectivity index (χ1n) is 11.6. The van der Waals surface area contributed by atoms with E-state index in [9.17, 15) is 29.1 Å². The zero-order valence-electron chi connectivity index (χ0n) is 20.2. The molecule has 0 aromatic carbocycles. The molecule has 0 aliphatic carbocycles. The molecule has 14 heteroatoms. The molecule has 4 atom stereocenters. The number of nitrogens with one attached hydrogen (secondary N) is 2. The van der Waals surface area contributed by atoms with Crippen molar-refractivity contribution in [3.8, 4) is 0 Å². The second-order valence-corrected chi connectivity index (χ2v) is 9.01. The molecule has 1 heterocycles. The second kappa shape index (κ2) is 14.1. The number of carbonyl (C=O) groups excluding carboxylic acids is 4. The summed E-state index contributed by atoms with van der Waals surface area (Å²) in [5.74, 6) is -3.85. The van der Waals surface area contributed by atoms with Crippen LogP contribution in [0.15, 0.2) is 4.99 Å². The van der Waals surface area contributed by atoms with E-state index >= 15 is 0 Å². The average molecular weight is 499 g/mol. The van der Waals surface area contributed by atoms with Crippen molar-refractivity contribution in [3.63, 3.8) is 0 Å². The molecular weight excluding hydrogens is 460 g/mol. The van der Waals surface area contributed by atoms with Crippen LogP contribution in [-0.2, 0) is 24.0 Å². The van der Waals surface area contributed by atoms with Gasteiger partial charge in [0.15, 0.2) is 5.96 Å².